The maximum absolute atomic E-state index is 13.9. The van der Waals surface area contributed by atoms with Gasteiger partial charge in [-0.25, -0.2) is 12.8 Å². The standard InChI is InChI=1S/C23H23FN2O4S/c1-25(16-18-7-4-5-10-22(18)24)23(27)17-8-6-9-19(15-17)26(2)31(28,29)21-13-11-20(30-3)12-14-21/h4-15H,16H2,1-3H3. The lowest BCUT2D eigenvalue weighted by Crippen LogP contribution is -2.28. The van der Waals surface area contributed by atoms with Gasteiger partial charge in [-0.2, -0.15) is 0 Å². The summed E-state index contributed by atoms with van der Waals surface area (Å²) in [5, 5.41) is 0. The third kappa shape index (κ3) is 4.86. The van der Waals surface area contributed by atoms with E-state index in [1.165, 1.54) is 43.3 Å². The van der Waals surface area contributed by atoms with E-state index in [4.69, 9.17) is 4.74 Å². The molecular formula is C23H23FN2O4S. The first-order valence-corrected chi connectivity index (χ1v) is 10.9. The van der Waals surface area contributed by atoms with Crippen LogP contribution in [0.3, 0.4) is 0 Å². The number of hydrogen-bond donors (Lipinski definition) is 0. The van der Waals surface area contributed by atoms with Crippen LogP contribution in [-0.4, -0.2) is 40.4 Å². The number of methoxy groups -OCH3 is 1. The van der Waals surface area contributed by atoms with Crippen molar-refractivity contribution < 1.29 is 22.3 Å². The molecular weight excluding hydrogens is 419 g/mol. The molecule has 0 heterocycles. The number of sulfonamides is 1. The molecule has 0 aliphatic heterocycles. The molecule has 0 bridgehead atoms. The molecule has 0 aromatic heterocycles. The van der Waals surface area contributed by atoms with Crippen molar-refractivity contribution in [3.63, 3.8) is 0 Å². The van der Waals surface area contributed by atoms with Gasteiger partial charge in [-0.3, -0.25) is 9.10 Å². The van der Waals surface area contributed by atoms with Crippen LogP contribution in [0, 0.1) is 5.82 Å². The van der Waals surface area contributed by atoms with Crippen molar-refractivity contribution in [1.82, 2.24) is 4.90 Å². The lowest BCUT2D eigenvalue weighted by Gasteiger charge is -2.22. The molecule has 0 unspecified atom stereocenters. The highest BCUT2D eigenvalue weighted by atomic mass is 32.2. The zero-order chi connectivity index (χ0) is 22.6. The Labute approximate surface area is 181 Å². The van der Waals surface area contributed by atoms with Crippen LogP contribution in [-0.2, 0) is 16.6 Å². The van der Waals surface area contributed by atoms with Crippen LogP contribution in [0.4, 0.5) is 10.1 Å². The van der Waals surface area contributed by atoms with Crippen LogP contribution in [0.2, 0.25) is 0 Å². The average molecular weight is 443 g/mol. The molecule has 3 aromatic rings. The predicted molar refractivity (Wildman–Crippen MR) is 117 cm³/mol. The van der Waals surface area contributed by atoms with Crippen LogP contribution < -0.4 is 9.04 Å². The van der Waals surface area contributed by atoms with Crippen molar-refractivity contribution >= 4 is 21.6 Å². The summed E-state index contributed by atoms with van der Waals surface area (Å²) < 4.78 is 46.0. The Kier molecular flexibility index (Phi) is 6.60. The van der Waals surface area contributed by atoms with Gasteiger partial charge in [0.25, 0.3) is 15.9 Å². The van der Waals surface area contributed by atoms with E-state index in [9.17, 15) is 17.6 Å². The normalized spacial score (nSPS) is 11.1. The third-order valence-electron chi connectivity index (χ3n) is 4.89. The van der Waals surface area contributed by atoms with E-state index in [1.54, 1.807) is 55.6 Å². The molecule has 0 aliphatic rings. The molecule has 162 valence electrons. The molecule has 6 nitrogen and oxygen atoms in total. The van der Waals surface area contributed by atoms with Gasteiger partial charge in [0.05, 0.1) is 17.7 Å². The van der Waals surface area contributed by atoms with E-state index in [0.717, 1.165) is 4.31 Å². The molecule has 0 saturated heterocycles. The Morgan fingerprint density at radius 1 is 0.968 bits per heavy atom. The smallest absolute Gasteiger partial charge is 0.264 e. The summed E-state index contributed by atoms with van der Waals surface area (Å²) in [6, 6.07) is 18.6. The maximum atomic E-state index is 13.9. The molecule has 3 rings (SSSR count). The second-order valence-corrected chi connectivity index (χ2v) is 8.92. The van der Waals surface area contributed by atoms with Gasteiger partial charge in [0, 0.05) is 31.8 Å². The Morgan fingerprint density at radius 2 is 1.65 bits per heavy atom. The number of halogens is 1. The number of anilines is 1. The molecule has 0 saturated carbocycles. The number of carbonyl (C=O) groups is 1. The summed E-state index contributed by atoms with van der Waals surface area (Å²) in [5.74, 6) is -0.186. The van der Waals surface area contributed by atoms with E-state index < -0.39 is 10.0 Å². The topological polar surface area (TPSA) is 66.9 Å². The van der Waals surface area contributed by atoms with E-state index >= 15 is 0 Å². The molecule has 31 heavy (non-hydrogen) atoms. The van der Waals surface area contributed by atoms with E-state index in [1.807, 2.05) is 0 Å². The van der Waals surface area contributed by atoms with Gasteiger partial charge < -0.3 is 9.64 Å². The number of benzene rings is 3. The van der Waals surface area contributed by atoms with Crippen LogP contribution in [0.5, 0.6) is 5.75 Å². The zero-order valence-electron chi connectivity index (χ0n) is 17.4. The lowest BCUT2D eigenvalue weighted by molar-refractivity contribution is 0.0784. The molecule has 0 radical (unpaired) electrons. The fraction of sp³-hybridized carbons (Fsp3) is 0.174. The minimum absolute atomic E-state index is 0.0930. The van der Waals surface area contributed by atoms with Crippen molar-refractivity contribution in [3.8, 4) is 5.75 Å². The zero-order valence-corrected chi connectivity index (χ0v) is 18.3. The number of hydrogen-bond acceptors (Lipinski definition) is 4. The number of nitrogens with zero attached hydrogens (tertiary/aromatic N) is 2. The first kappa shape index (κ1) is 22.3. The predicted octanol–water partition coefficient (Wildman–Crippen LogP) is 3.93. The van der Waals surface area contributed by atoms with Gasteiger partial charge >= 0.3 is 0 Å². The van der Waals surface area contributed by atoms with Crippen molar-refractivity contribution in [2.45, 2.75) is 11.4 Å². The van der Waals surface area contributed by atoms with E-state index in [0.29, 0.717) is 22.6 Å². The molecule has 1 amide bonds. The van der Waals surface area contributed by atoms with Gasteiger partial charge in [-0.1, -0.05) is 24.3 Å². The summed E-state index contributed by atoms with van der Waals surface area (Å²) in [7, 11) is 0.662. The third-order valence-corrected chi connectivity index (χ3v) is 6.69. The molecule has 0 fully saturated rings. The monoisotopic (exact) mass is 442 g/mol. The first-order valence-electron chi connectivity index (χ1n) is 9.46. The van der Waals surface area contributed by atoms with Crippen LogP contribution in [0.25, 0.3) is 0 Å². The maximum Gasteiger partial charge on any atom is 0.264 e. The molecule has 0 N–H and O–H groups in total. The molecule has 0 spiro atoms. The quantitative estimate of drug-likeness (QED) is 0.556. The number of amides is 1. The Bertz CT molecular complexity index is 1180. The highest BCUT2D eigenvalue weighted by Crippen LogP contribution is 2.25. The van der Waals surface area contributed by atoms with Crippen molar-refractivity contribution in [1.29, 1.82) is 0 Å². The van der Waals surface area contributed by atoms with Gasteiger partial charge in [-0.15, -0.1) is 0 Å². The SMILES string of the molecule is COc1ccc(S(=O)(=O)N(C)c2cccc(C(=O)N(C)Cc3ccccc3F)c2)cc1. The Morgan fingerprint density at radius 3 is 2.29 bits per heavy atom. The minimum Gasteiger partial charge on any atom is -0.497 e. The summed E-state index contributed by atoms with van der Waals surface area (Å²) in [6.45, 7) is 0.0930. The number of carbonyl (C=O) groups excluding carboxylic acids is 1. The Balaban J connectivity index is 1.82. The van der Waals surface area contributed by atoms with Crippen LogP contribution >= 0.6 is 0 Å². The second kappa shape index (κ2) is 9.18. The van der Waals surface area contributed by atoms with Crippen LogP contribution in [0.1, 0.15) is 15.9 Å². The molecule has 0 aliphatic carbocycles. The fourth-order valence-corrected chi connectivity index (χ4v) is 4.24. The minimum atomic E-state index is -3.83. The highest BCUT2D eigenvalue weighted by Gasteiger charge is 2.23. The second-order valence-electron chi connectivity index (χ2n) is 6.95. The van der Waals surface area contributed by atoms with Crippen molar-refractivity contribution in [3.05, 3.63) is 89.7 Å². The summed E-state index contributed by atoms with van der Waals surface area (Å²) in [6.07, 6.45) is 0. The van der Waals surface area contributed by atoms with Gasteiger partial charge in [0.1, 0.15) is 11.6 Å². The average Bonchev–Trinajstić information content (AvgIpc) is 2.79. The van der Waals surface area contributed by atoms with E-state index in [-0.39, 0.29) is 23.2 Å². The van der Waals surface area contributed by atoms with Crippen molar-refractivity contribution in [2.75, 3.05) is 25.5 Å². The number of rotatable bonds is 7. The largest absolute Gasteiger partial charge is 0.497 e. The van der Waals surface area contributed by atoms with Gasteiger partial charge in [0.2, 0.25) is 0 Å². The summed E-state index contributed by atoms with van der Waals surface area (Å²) >= 11 is 0. The lowest BCUT2D eigenvalue weighted by atomic mass is 10.1. The fourth-order valence-electron chi connectivity index (χ4n) is 3.05. The van der Waals surface area contributed by atoms with Crippen molar-refractivity contribution in [2.24, 2.45) is 0 Å². The first-order chi connectivity index (χ1) is 14.7. The van der Waals surface area contributed by atoms with Crippen LogP contribution in [0.15, 0.2) is 77.7 Å². The highest BCUT2D eigenvalue weighted by molar-refractivity contribution is 7.92. The van der Waals surface area contributed by atoms with Gasteiger partial charge in [0.15, 0.2) is 0 Å². The number of ether oxygens (including phenoxy) is 1. The summed E-state index contributed by atoms with van der Waals surface area (Å²) in [5.41, 5.74) is 1.03. The Hall–Kier alpha value is -3.39. The van der Waals surface area contributed by atoms with Gasteiger partial charge in [-0.05, 0) is 48.5 Å². The van der Waals surface area contributed by atoms with E-state index in [2.05, 4.69) is 0 Å². The summed E-state index contributed by atoms with van der Waals surface area (Å²) in [4.78, 5) is 14.3. The molecule has 3 aromatic carbocycles. The molecule has 8 heteroatoms. The molecule has 0 atom stereocenters.